The number of rotatable bonds is 6. The summed E-state index contributed by atoms with van der Waals surface area (Å²) in [5.74, 6) is -0.262. The van der Waals surface area contributed by atoms with Crippen LogP contribution >= 0.6 is 0 Å². The molecule has 2 amide bonds. The summed E-state index contributed by atoms with van der Waals surface area (Å²) in [4.78, 5) is 28.6. The Balaban J connectivity index is 2.37. The van der Waals surface area contributed by atoms with E-state index >= 15 is 0 Å². The van der Waals surface area contributed by atoms with Crippen molar-refractivity contribution in [1.29, 1.82) is 0 Å². The molecule has 1 heterocycles. The number of halogens is 3. The van der Waals surface area contributed by atoms with Crippen LogP contribution in [0.2, 0.25) is 0 Å². The molecule has 0 fully saturated rings. The van der Waals surface area contributed by atoms with E-state index in [1.807, 2.05) is 20.8 Å². The van der Waals surface area contributed by atoms with Crippen molar-refractivity contribution in [2.75, 3.05) is 45.7 Å². The van der Waals surface area contributed by atoms with Crippen molar-refractivity contribution in [2.24, 2.45) is 5.92 Å². The summed E-state index contributed by atoms with van der Waals surface area (Å²) in [7, 11) is 3.18. The molecule has 0 bridgehead atoms. The van der Waals surface area contributed by atoms with Gasteiger partial charge >= 0.3 is 6.18 Å². The number of nitrogens with zero attached hydrogens (tertiary/aromatic N) is 2. The fourth-order valence-electron chi connectivity index (χ4n) is 3.96. The van der Waals surface area contributed by atoms with Gasteiger partial charge in [0.2, 0.25) is 5.91 Å². The molecule has 1 aromatic rings. The molecule has 1 aromatic carbocycles. The molecule has 1 aliphatic heterocycles. The smallest absolute Gasteiger partial charge is 0.390 e. The fraction of sp³-hybridized carbons (Fsp3) is 0.667. The Labute approximate surface area is 199 Å². The van der Waals surface area contributed by atoms with Gasteiger partial charge in [0.05, 0.1) is 18.1 Å². The normalized spacial score (nSPS) is 22.9. The molecular weight excluding hydrogens is 451 g/mol. The van der Waals surface area contributed by atoms with E-state index in [-0.39, 0.29) is 55.1 Å². The van der Waals surface area contributed by atoms with Crippen LogP contribution in [0.15, 0.2) is 18.2 Å². The summed E-state index contributed by atoms with van der Waals surface area (Å²) in [6, 6.07) is 4.51. The topological polar surface area (TPSA) is 71.1 Å². The van der Waals surface area contributed by atoms with E-state index < -0.39 is 12.6 Å². The van der Waals surface area contributed by atoms with E-state index in [0.29, 0.717) is 30.8 Å². The predicted octanol–water partition coefficient (Wildman–Crippen LogP) is 4.18. The van der Waals surface area contributed by atoms with E-state index in [1.54, 1.807) is 30.1 Å². The number of carbonyl (C=O) groups is 2. The Morgan fingerprint density at radius 2 is 1.97 bits per heavy atom. The van der Waals surface area contributed by atoms with Crippen molar-refractivity contribution in [3.8, 4) is 5.75 Å². The average Bonchev–Trinajstić information content (AvgIpc) is 2.77. The van der Waals surface area contributed by atoms with Crippen molar-refractivity contribution in [3.05, 3.63) is 23.8 Å². The number of amides is 2. The molecule has 2 rings (SSSR count). The second-order valence-electron chi connectivity index (χ2n) is 8.97. The first-order chi connectivity index (χ1) is 15.9. The number of likely N-dealkylation sites (N-methyl/N-ethyl adjacent to an activating group) is 1. The number of benzene rings is 1. The minimum Gasteiger partial charge on any atom is -0.491 e. The Morgan fingerprint density at radius 1 is 1.26 bits per heavy atom. The molecular formula is C24H36F3N3O4. The molecule has 0 aromatic heterocycles. The number of methoxy groups -OCH3 is 1. The van der Waals surface area contributed by atoms with Gasteiger partial charge in [0.25, 0.3) is 5.91 Å². The molecule has 7 nitrogen and oxygen atoms in total. The van der Waals surface area contributed by atoms with Gasteiger partial charge in [-0.05, 0) is 37.5 Å². The predicted molar refractivity (Wildman–Crippen MR) is 124 cm³/mol. The number of fused-ring (bicyclic) bond motifs is 1. The van der Waals surface area contributed by atoms with E-state index in [0.717, 1.165) is 0 Å². The van der Waals surface area contributed by atoms with Gasteiger partial charge in [-0.3, -0.25) is 14.5 Å². The summed E-state index contributed by atoms with van der Waals surface area (Å²) < 4.78 is 50.4. The van der Waals surface area contributed by atoms with Crippen LogP contribution in [0.5, 0.6) is 5.75 Å². The van der Waals surface area contributed by atoms with E-state index in [2.05, 4.69) is 5.32 Å². The van der Waals surface area contributed by atoms with Crippen molar-refractivity contribution in [2.45, 2.75) is 58.4 Å². The largest absolute Gasteiger partial charge is 0.491 e. The van der Waals surface area contributed by atoms with Gasteiger partial charge < -0.3 is 19.7 Å². The van der Waals surface area contributed by atoms with E-state index in [1.165, 1.54) is 12.0 Å². The van der Waals surface area contributed by atoms with E-state index in [4.69, 9.17) is 9.47 Å². The Morgan fingerprint density at radius 3 is 2.59 bits per heavy atom. The van der Waals surface area contributed by atoms with Gasteiger partial charge in [-0.15, -0.1) is 0 Å². The summed E-state index contributed by atoms with van der Waals surface area (Å²) in [5, 5.41) is 2.78. The molecule has 0 saturated carbocycles. The van der Waals surface area contributed by atoms with Gasteiger partial charge in [0.15, 0.2) is 0 Å². The number of carbonyl (C=O) groups excluding carboxylic acids is 2. The highest BCUT2D eigenvalue weighted by molar-refractivity contribution is 5.99. The van der Waals surface area contributed by atoms with Crippen LogP contribution in [0.1, 0.15) is 50.4 Å². The zero-order valence-corrected chi connectivity index (χ0v) is 20.6. The van der Waals surface area contributed by atoms with Crippen LogP contribution in [-0.4, -0.2) is 80.3 Å². The van der Waals surface area contributed by atoms with Crippen LogP contribution < -0.4 is 10.1 Å². The third-order valence-corrected chi connectivity index (χ3v) is 6.02. The zero-order valence-electron chi connectivity index (χ0n) is 20.6. The van der Waals surface area contributed by atoms with Gasteiger partial charge in [0, 0.05) is 51.9 Å². The molecule has 3 atom stereocenters. The van der Waals surface area contributed by atoms with Crippen molar-refractivity contribution in [1.82, 2.24) is 9.80 Å². The van der Waals surface area contributed by atoms with E-state index in [9.17, 15) is 22.8 Å². The van der Waals surface area contributed by atoms with Crippen LogP contribution in [0.25, 0.3) is 0 Å². The number of ether oxygens (including phenoxy) is 2. The maximum Gasteiger partial charge on any atom is 0.390 e. The van der Waals surface area contributed by atoms with Crippen LogP contribution in [0, 0.1) is 5.92 Å². The number of hydrogen-bond donors (Lipinski definition) is 1. The first-order valence-electron chi connectivity index (χ1n) is 11.6. The summed E-state index contributed by atoms with van der Waals surface area (Å²) in [6.45, 7) is 6.19. The molecule has 0 aliphatic carbocycles. The second-order valence-corrected chi connectivity index (χ2v) is 8.97. The molecule has 34 heavy (non-hydrogen) atoms. The lowest BCUT2D eigenvalue weighted by Gasteiger charge is -2.36. The third-order valence-electron chi connectivity index (χ3n) is 6.02. The highest BCUT2D eigenvalue weighted by Gasteiger charge is 2.32. The molecule has 0 unspecified atom stereocenters. The van der Waals surface area contributed by atoms with Gasteiger partial charge in [-0.1, -0.05) is 13.8 Å². The SMILES string of the molecule is CCCC(=O)Nc1ccc2c(c1)C(=O)N(C)C[C@@H](OC)[C@H](C)CN(CCC(F)(F)F)[C@@H](C)CO2. The lowest BCUT2D eigenvalue weighted by atomic mass is 10.0. The summed E-state index contributed by atoms with van der Waals surface area (Å²) in [5.41, 5.74) is 0.750. The van der Waals surface area contributed by atoms with Crippen LogP contribution in [-0.2, 0) is 9.53 Å². The van der Waals surface area contributed by atoms with Crippen LogP contribution in [0.3, 0.4) is 0 Å². The molecule has 0 radical (unpaired) electrons. The molecule has 192 valence electrons. The van der Waals surface area contributed by atoms with Gasteiger partial charge in [0.1, 0.15) is 12.4 Å². The summed E-state index contributed by atoms with van der Waals surface area (Å²) >= 11 is 0. The Kier molecular flexibility index (Phi) is 10.2. The zero-order chi connectivity index (χ0) is 25.5. The number of nitrogens with one attached hydrogen (secondary N) is 1. The fourth-order valence-corrected chi connectivity index (χ4v) is 3.96. The maximum absolute atomic E-state index is 13.3. The van der Waals surface area contributed by atoms with Crippen molar-refractivity contribution < 1.29 is 32.2 Å². The molecule has 10 heteroatoms. The van der Waals surface area contributed by atoms with Gasteiger partial charge in [-0.2, -0.15) is 13.2 Å². The molecule has 0 spiro atoms. The average molecular weight is 488 g/mol. The Bertz CT molecular complexity index is 834. The quantitative estimate of drug-likeness (QED) is 0.652. The molecule has 0 saturated heterocycles. The number of anilines is 1. The lowest BCUT2D eigenvalue weighted by Crippen LogP contribution is -2.47. The first-order valence-corrected chi connectivity index (χ1v) is 11.6. The standard InChI is InChI=1S/C24H36F3N3O4/c1-6-7-22(31)28-18-8-9-20-19(12-18)23(32)29(4)14-21(33-5)16(2)13-30(17(3)15-34-20)11-10-24(25,26)27/h8-9,12,16-17,21H,6-7,10-11,13-15H2,1-5H3,(H,28,31)/t16-,17+,21-/m1/s1. The monoisotopic (exact) mass is 487 g/mol. The van der Waals surface area contributed by atoms with Gasteiger partial charge in [-0.25, -0.2) is 0 Å². The summed E-state index contributed by atoms with van der Waals surface area (Å²) in [6.07, 6.45) is -4.49. The minimum atomic E-state index is -4.26. The number of hydrogen-bond acceptors (Lipinski definition) is 5. The van der Waals surface area contributed by atoms with Crippen molar-refractivity contribution in [3.63, 3.8) is 0 Å². The third kappa shape index (κ3) is 8.16. The minimum absolute atomic E-state index is 0.105. The highest BCUT2D eigenvalue weighted by atomic mass is 19.4. The molecule has 1 N–H and O–H groups in total. The maximum atomic E-state index is 13.3. The van der Waals surface area contributed by atoms with Crippen molar-refractivity contribution >= 4 is 17.5 Å². The second kappa shape index (κ2) is 12.4. The first kappa shape index (κ1) is 27.9. The lowest BCUT2D eigenvalue weighted by molar-refractivity contribution is -0.140. The number of alkyl halides is 3. The Hall–Kier alpha value is -2.33. The molecule has 1 aliphatic rings. The highest BCUT2D eigenvalue weighted by Crippen LogP contribution is 2.27. The van der Waals surface area contributed by atoms with Crippen LogP contribution in [0.4, 0.5) is 18.9 Å².